The fourth-order valence-electron chi connectivity index (χ4n) is 2.71. The fourth-order valence-corrected chi connectivity index (χ4v) is 2.84. The first-order valence-corrected chi connectivity index (χ1v) is 7.77. The van der Waals surface area contributed by atoms with Crippen molar-refractivity contribution in [2.45, 2.75) is 26.3 Å². The number of likely N-dealkylation sites (N-methyl/N-ethyl adjacent to an activating group) is 1. The summed E-state index contributed by atoms with van der Waals surface area (Å²) in [6, 6.07) is 6.27. The molecule has 1 aliphatic heterocycles. The minimum Gasteiger partial charge on any atom is -0.389 e. The third-order valence-electron chi connectivity index (χ3n) is 4.06. The fraction of sp³-hybridized carbons (Fsp3) is 0.562. The van der Waals surface area contributed by atoms with Gasteiger partial charge in [-0.1, -0.05) is 24.4 Å². The number of hydrogen-bond donors (Lipinski definition) is 1. The van der Waals surface area contributed by atoms with Gasteiger partial charge in [-0.15, -0.1) is 0 Å². The van der Waals surface area contributed by atoms with Crippen molar-refractivity contribution in [1.82, 2.24) is 9.80 Å². The topological polar surface area (TPSA) is 32.5 Å². The molecule has 0 saturated carbocycles. The number of hydrogen-bond acceptors (Lipinski definition) is 3. The van der Waals surface area contributed by atoms with Gasteiger partial charge in [-0.2, -0.15) is 0 Å². The van der Waals surface area contributed by atoms with E-state index < -0.39 is 0 Å². The Kier molecular flexibility index (Phi) is 5.52. The van der Waals surface area contributed by atoms with Crippen LogP contribution in [0.3, 0.4) is 0 Å². The molecule has 0 amide bonds. The summed E-state index contributed by atoms with van der Waals surface area (Å²) in [7, 11) is 2.19. The van der Waals surface area contributed by atoms with Crippen LogP contribution in [0.4, 0.5) is 0 Å². The Morgan fingerprint density at radius 1 is 1.35 bits per heavy atom. The van der Waals surface area contributed by atoms with Crippen LogP contribution < -0.4 is 5.73 Å². The maximum Gasteiger partial charge on any atom is 0.103 e. The monoisotopic (exact) mass is 291 g/mol. The molecular weight excluding hydrogens is 266 g/mol. The van der Waals surface area contributed by atoms with E-state index in [4.69, 9.17) is 18.0 Å². The van der Waals surface area contributed by atoms with Crippen LogP contribution in [0.25, 0.3) is 0 Å². The molecule has 1 aromatic carbocycles. The van der Waals surface area contributed by atoms with Crippen molar-refractivity contribution in [3.05, 3.63) is 34.9 Å². The van der Waals surface area contributed by atoms with Crippen LogP contribution in [0.5, 0.6) is 0 Å². The van der Waals surface area contributed by atoms with E-state index in [-0.39, 0.29) is 0 Å². The Hall–Kier alpha value is -0.970. The first kappa shape index (κ1) is 15.4. The molecule has 0 spiro atoms. The third kappa shape index (κ3) is 4.27. The van der Waals surface area contributed by atoms with Crippen molar-refractivity contribution < 1.29 is 0 Å². The van der Waals surface area contributed by atoms with E-state index in [2.05, 4.69) is 35.9 Å². The predicted octanol–water partition coefficient (Wildman–Crippen LogP) is 2.16. The molecule has 0 radical (unpaired) electrons. The first-order valence-electron chi connectivity index (χ1n) is 7.36. The van der Waals surface area contributed by atoms with E-state index in [9.17, 15) is 0 Å². The zero-order valence-corrected chi connectivity index (χ0v) is 13.4. The molecule has 1 saturated heterocycles. The second-order valence-electron chi connectivity index (χ2n) is 5.79. The van der Waals surface area contributed by atoms with Crippen molar-refractivity contribution in [2.75, 3.05) is 33.2 Å². The molecule has 2 N–H and O–H groups in total. The van der Waals surface area contributed by atoms with Crippen LogP contribution in [-0.2, 0) is 6.54 Å². The standard InChI is InChI=1S/C16H25N3S/c1-13-11-14(16(17)20)5-6-15(13)12-18(2)9-10-19-7-3-4-8-19/h5-6,11H,3-4,7-10,12H2,1-2H3,(H2,17,20). The van der Waals surface area contributed by atoms with E-state index in [1.54, 1.807) is 0 Å². The van der Waals surface area contributed by atoms with Gasteiger partial charge in [0.1, 0.15) is 4.99 Å². The van der Waals surface area contributed by atoms with Crippen molar-refractivity contribution in [1.29, 1.82) is 0 Å². The van der Waals surface area contributed by atoms with Gasteiger partial charge in [-0.25, -0.2) is 0 Å². The molecule has 1 aromatic rings. The average Bonchev–Trinajstić information content (AvgIpc) is 2.91. The third-order valence-corrected chi connectivity index (χ3v) is 4.30. The van der Waals surface area contributed by atoms with Gasteiger partial charge in [0.05, 0.1) is 0 Å². The zero-order chi connectivity index (χ0) is 14.5. The number of aryl methyl sites for hydroxylation is 1. The maximum atomic E-state index is 5.67. The highest BCUT2D eigenvalue weighted by molar-refractivity contribution is 7.80. The Morgan fingerprint density at radius 3 is 2.65 bits per heavy atom. The molecule has 110 valence electrons. The van der Waals surface area contributed by atoms with Crippen LogP contribution >= 0.6 is 12.2 Å². The summed E-state index contributed by atoms with van der Waals surface area (Å²) < 4.78 is 0. The van der Waals surface area contributed by atoms with Crippen LogP contribution in [-0.4, -0.2) is 48.0 Å². The van der Waals surface area contributed by atoms with E-state index in [1.807, 2.05) is 6.07 Å². The van der Waals surface area contributed by atoms with E-state index >= 15 is 0 Å². The normalized spacial score (nSPS) is 15.9. The van der Waals surface area contributed by atoms with Crippen LogP contribution in [0.15, 0.2) is 18.2 Å². The lowest BCUT2D eigenvalue weighted by atomic mass is 10.0. The van der Waals surface area contributed by atoms with Gasteiger partial charge < -0.3 is 15.5 Å². The minimum absolute atomic E-state index is 0.474. The Balaban J connectivity index is 1.86. The lowest BCUT2D eigenvalue weighted by Gasteiger charge is -2.22. The minimum atomic E-state index is 0.474. The number of benzene rings is 1. The second kappa shape index (κ2) is 7.16. The average molecular weight is 291 g/mol. The highest BCUT2D eigenvalue weighted by atomic mass is 32.1. The predicted molar refractivity (Wildman–Crippen MR) is 89.1 cm³/mol. The summed E-state index contributed by atoms with van der Waals surface area (Å²) in [6.45, 7) is 7.96. The van der Waals surface area contributed by atoms with Gasteiger partial charge in [0.15, 0.2) is 0 Å². The van der Waals surface area contributed by atoms with Gasteiger partial charge >= 0.3 is 0 Å². The van der Waals surface area contributed by atoms with Crippen molar-refractivity contribution in [3.8, 4) is 0 Å². The molecular formula is C16H25N3S. The van der Waals surface area contributed by atoms with Crippen LogP contribution in [0.1, 0.15) is 29.5 Å². The van der Waals surface area contributed by atoms with Crippen LogP contribution in [0, 0.1) is 6.92 Å². The van der Waals surface area contributed by atoms with Crippen LogP contribution in [0.2, 0.25) is 0 Å². The largest absolute Gasteiger partial charge is 0.389 e. The molecule has 1 fully saturated rings. The Labute approximate surface area is 127 Å². The van der Waals surface area contributed by atoms with E-state index in [0.717, 1.165) is 18.7 Å². The quantitative estimate of drug-likeness (QED) is 0.814. The van der Waals surface area contributed by atoms with Gasteiger partial charge in [0.2, 0.25) is 0 Å². The zero-order valence-electron chi connectivity index (χ0n) is 12.6. The molecule has 0 atom stereocenters. The summed E-state index contributed by atoms with van der Waals surface area (Å²) in [5, 5.41) is 0. The van der Waals surface area contributed by atoms with E-state index in [0.29, 0.717) is 4.99 Å². The van der Waals surface area contributed by atoms with Gasteiger partial charge in [0.25, 0.3) is 0 Å². The van der Waals surface area contributed by atoms with Gasteiger partial charge in [-0.05, 0) is 57.1 Å². The molecule has 0 bridgehead atoms. The summed E-state index contributed by atoms with van der Waals surface area (Å²) in [5.41, 5.74) is 9.25. The number of rotatable bonds is 6. The Morgan fingerprint density at radius 2 is 2.05 bits per heavy atom. The molecule has 2 rings (SSSR count). The number of nitrogens with zero attached hydrogens (tertiary/aromatic N) is 2. The number of nitrogens with two attached hydrogens (primary N) is 1. The first-order chi connectivity index (χ1) is 9.56. The summed E-state index contributed by atoms with van der Waals surface area (Å²) in [6.07, 6.45) is 2.73. The number of likely N-dealkylation sites (tertiary alicyclic amines) is 1. The molecule has 3 nitrogen and oxygen atoms in total. The molecule has 4 heteroatoms. The summed E-state index contributed by atoms with van der Waals surface area (Å²) in [4.78, 5) is 5.42. The molecule has 0 aliphatic carbocycles. The molecule has 0 aromatic heterocycles. The number of thiocarbonyl (C=S) groups is 1. The maximum absolute atomic E-state index is 5.67. The molecule has 1 aliphatic rings. The molecule has 1 heterocycles. The molecule has 20 heavy (non-hydrogen) atoms. The van der Waals surface area contributed by atoms with Crippen molar-refractivity contribution in [3.63, 3.8) is 0 Å². The molecule has 0 unspecified atom stereocenters. The SMILES string of the molecule is Cc1cc(C(N)=S)ccc1CN(C)CCN1CCCC1. The van der Waals surface area contributed by atoms with Crippen molar-refractivity contribution >= 4 is 17.2 Å². The smallest absolute Gasteiger partial charge is 0.103 e. The van der Waals surface area contributed by atoms with Crippen molar-refractivity contribution in [2.24, 2.45) is 5.73 Å². The highest BCUT2D eigenvalue weighted by Crippen LogP contribution is 2.13. The lowest BCUT2D eigenvalue weighted by Crippen LogP contribution is -2.31. The van der Waals surface area contributed by atoms with Gasteiger partial charge in [0, 0.05) is 25.2 Å². The van der Waals surface area contributed by atoms with E-state index in [1.165, 1.54) is 43.6 Å². The second-order valence-corrected chi connectivity index (χ2v) is 6.23. The van der Waals surface area contributed by atoms with Gasteiger partial charge in [-0.3, -0.25) is 0 Å². The summed E-state index contributed by atoms with van der Waals surface area (Å²) >= 11 is 5.02. The summed E-state index contributed by atoms with van der Waals surface area (Å²) in [5.74, 6) is 0. The lowest BCUT2D eigenvalue weighted by molar-refractivity contribution is 0.252. The Bertz CT molecular complexity index is 467. The highest BCUT2D eigenvalue weighted by Gasteiger charge is 2.12.